The highest BCUT2D eigenvalue weighted by Gasteiger charge is 2.14. The van der Waals surface area contributed by atoms with Crippen LogP contribution in [-0.4, -0.2) is 47.5 Å². The zero-order valence-electron chi connectivity index (χ0n) is 14.1. The molecule has 11 nitrogen and oxygen atoms in total. The van der Waals surface area contributed by atoms with E-state index >= 15 is 0 Å². The molecule has 1 aromatic rings. The van der Waals surface area contributed by atoms with Gasteiger partial charge in [-0.2, -0.15) is 0 Å². The Labute approximate surface area is 154 Å². The molecule has 0 aliphatic heterocycles. The smallest absolute Gasteiger partial charge is 0.318 e. The van der Waals surface area contributed by atoms with Crippen molar-refractivity contribution in [1.29, 1.82) is 0 Å². The number of terminal acetylenes is 1. The summed E-state index contributed by atoms with van der Waals surface area (Å²) in [7, 11) is 0. The number of hydrogen-bond acceptors (Lipinski definition) is 5. The van der Waals surface area contributed by atoms with Crippen molar-refractivity contribution in [1.82, 2.24) is 16.0 Å². The fourth-order valence-corrected chi connectivity index (χ4v) is 1.84. The number of nitrogens with two attached hydrogens (primary N) is 2. The van der Waals surface area contributed by atoms with Gasteiger partial charge in [-0.1, -0.05) is 12.0 Å². The third kappa shape index (κ3) is 8.03. The van der Waals surface area contributed by atoms with Crippen molar-refractivity contribution >= 4 is 35.5 Å². The van der Waals surface area contributed by atoms with Gasteiger partial charge in [0.1, 0.15) is 6.04 Å². The Bertz CT molecular complexity index is 814. The number of nitrogens with one attached hydrogen (secondary N) is 3. The standard InChI is InChI=1S/C16H18N6O5/c1-2-10(7-13(24)25)20-12(23)8-19-14(26)9-4-3-5-11(6-9)21-15(17)22-16(18)27/h1,3-6,10H,7-8H2,(H,19,26)(H,20,23)(H,24,25)(H5,17,18,21,22,27). The molecule has 1 rings (SSSR count). The molecule has 142 valence electrons. The molecule has 0 bridgehead atoms. The van der Waals surface area contributed by atoms with Gasteiger partial charge in [0.05, 0.1) is 18.7 Å². The molecular formula is C16H18N6O5. The molecular weight excluding hydrogens is 356 g/mol. The maximum Gasteiger partial charge on any atom is 0.318 e. The fourth-order valence-electron chi connectivity index (χ4n) is 1.84. The zero-order chi connectivity index (χ0) is 20.4. The van der Waals surface area contributed by atoms with E-state index in [0.29, 0.717) is 0 Å². The molecule has 4 amide bonds. The summed E-state index contributed by atoms with van der Waals surface area (Å²) in [4.78, 5) is 49.0. The first-order chi connectivity index (χ1) is 12.7. The number of carbonyl (C=O) groups excluding carboxylic acids is 3. The van der Waals surface area contributed by atoms with Crippen molar-refractivity contribution < 1.29 is 24.3 Å². The van der Waals surface area contributed by atoms with Gasteiger partial charge >= 0.3 is 12.0 Å². The lowest BCUT2D eigenvalue weighted by atomic mass is 10.2. The minimum Gasteiger partial charge on any atom is -0.481 e. The first kappa shape index (κ1) is 21.0. The Kier molecular flexibility index (Phi) is 7.80. The number of benzene rings is 1. The number of aliphatic carboxylic acids is 1. The van der Waals surface area contributed by atoms with E-state index in [9.17, 15) is 19.2 Å². The van der Waals surface area contributed by atoms with Crippen molar-refractivity contribution in [2.24, 2.45) is 16.5 Å². The van der Waals surface area contributed by atoms with Crippen LogP contribution in [0.25, 0.3) is 0 Å². The molecule has 0 fully saturated rings. The molecule has 1 atom stereocenters. The second-order valence-electron chi connectivity index (χ2n) is 5.10. The molecule has 27 heavy (non-hydrogen) atoms. The number of amides is 4. The topological polar surface area (TPSA) is 189 Å². The number of carbonyl (C=O) groups is 4. The third-order valence-electron chi connectivity index (χ3n) is 2.93. The van der Waals surface area contributed by atoms with E-state index in [1.54, 1.807) is 0 Å². The van der Waals surface area contributed by atoms with Gasteiger partial charge < -0.3 is 27.2 Å². The summed E-state index contributed by atoms with van der Waals surface area (Å²) >= 11 is 0. The van der Waals surface area contributed by atoms with Crippen molar-refractivity contribution in [2.45, 2.75) is 12.5 Å². The van der Waals surface area contributed by atoms with Crippen LogP contribution in [0.5, 0.6) is 0 Å². The maximum atomic E-state index is 12.1. The highest BCUT2D eigenvalue weighted by Crippen LogP contribution is 2.13. The predicted octanol–water partition coefficient (Wildman–Crippen LogP) is -1.38. The molecule has 1 aromatic carbocycles. The first-order valence-electron chi connectivity index (χ1n) is 7.47. The Hall–Kier alpha value is -4.07. The summed E-state index contributed by atoms with van der Waals surface area (Å²) in [5, 5.41) is 15.4. The summed E-state index contributed by atoms with van der Waals surface area (Å²) in [5.41, 5.74) is 10.8. The number of urea groups is 1. The van der Waals surface area contributed by atoms with Gasteiger partial charge in [-0.3, -0.25) is 19.7 Å². The predicted molar refractivity (Wildman–Crippen MR) is 95.8 cm³/mol. The highest BCUT2D eigenvalue weighted by atomic mass is 16.4. The van der Waals surface area contributed by atoms with Crippen LogP contribution < -0.4 is 27.4 Å². The van der Waals surface area contributed by atoms with Gasteiger partial charge in [0.25, 0.3) is 5.91 Å². The Morgan fingerprint density at radius 3 is 2.56 bits per heavy atom. The molecule has 0 saturated carbocycles. The van der Waals surface area contributed by atoms with Crippen LogP contribution in [0.15, 0.2) is 29.3 Å². The number of rotatable bonds is 7. The second-order valence-corrected chi connectivity index (χ2v) is 5.10. The third-order valence-corrected chi connectivity index (χ3v) is 2.93. The van der Waals surface area contributed by atoms with Gasteiger partial charge in [0, 0.05) is 5.56 Å². The number of carboxylic acids is 1. The van der Waals surface area contributed by atoms with Gasteiger partial charge in [-0.25, -0.2) is 9.79 Å². The minimum absolute atomic E-state index is 0.176. The van der Waals surface area contributed by atoms with Gasteiger partial charge in [-0.05, 0) is 18.2 Å². The lowest BCUT2D eigenvalue weighted by Gasteiger charge is -2.11. The van der Waals surface area contributed by atoms with Crippen LogP contribution in [0.3, 0.4) is 0 Å². The lowest BCUT2D eigenvalue weighted by molar-refractivity contribution is -0.137. The molecule has 1 unspecified atom stereocenters. The number of nitrogens with zero attached hydrogens (tertiary/aromatic N) is 1. The quantitative estimate of drug-likeness (QED) is 0.194. The molecule has 8 N–H and O–H groups in total. The van der Waals surface area contributed by atoms with Crippen molar-refractivity contribution in [2.75, 3.05) is 6.54 Å². The largest absolute Gasteiger partial charge is 0.481 e. The van der Waals surface area contributed by atoms with E-state index in [4.69, 9.17) is 23.0 Å². The van der Waals surface area contributed by atoms with E-state index in [0.717, 1.165) is 0 Å². The first-order valence-corrected chi connectivity index (χ1v) is 7.47. The fraction of sp³-hybridized carbons (Fsp3) is 0.188. The van der Waals surface area contributed by atoms with Crippen molar-refractivity contribution in [3.63, 3.8) is 0 Å². The van der Waals surface area contributed by atoms with E-state index in [1.807, 2.05) is 0 Å². The average Bonchev–Trinajstić information content (AvgIpc) is 2.58. The van der Waals surface area contributed by atoms with E-state index in [-0.39, 0.29) is 17.2 Å². The van der Waals surface area contributed by atoms with Crippen LogP contribution in [0, 0.1) is 12.3 Å². The highest BCUT2D eigenvalue weighted by molar-refractivity contribution is 5.98. The number of hydrogen-bond donors (Lipinski definition) is 6. The van der Waals surface area contributed by atoms with Crippen LogP contribution >= 0.6 is 0 Å². The Morgan fingerprint density at radius 1 is 1.26 bits per heavy atom. The maximum absolute atomic E-state index is 12.1. The van der Waals surface area contributed by atoms with Crippen LogP contribution in [0.2, 0.25) is 0 Å². The molecule has 0 aromatic heterocycles. The molecule has 0 heterocycles. The van der Waals surface area contributed by atoms with E-state index in [1.165, 1.54) is 24.3 Å². The Morgan fingerprint density at radius 2 is 1.96 bits per heavy atom. The number of aliphatic imine (C=N–C) groups is 1. The van der Waals surface area contributed by atoms with E-state index < -0.39 is 42.8 Å². The second kappa shape index (κ2) is 10.0. The monoisotopic (exact) mass is 374 g/mol. The summed E-state index contributed by atoms with van der Waals surface area (Å²) in [5.74, 6) is -0.508. The van der Waals surface area contributed by atoms with Crippen LogP contribution in [0.4, 0.5) is 10.5 Å². The molecule has 0 spiro atoms. The normalized spacial score (nSPS) is 11.6. The Balaban J connectivity index is 2.66. The molecule has 0 aliphatic carbocycles. The summed E-state index contributed by atoms with van der Waals surface area (Å²) in [6.07, 6.45) is 4.70. The van der Waals surface area contributed by atoms with Crippen LogP contribution in [0.1, 0.15) is 16.8 Å². The molecule has 11 heteroatoms. The van der Waals surface area contributed by atoms with Crippen molar-refractivity contribution in [3.05, 3.63) is 29.8 Å². The lowest BCUT2D eigenvalue weighted by Crippen LogP contribution is -2.42. The number of guanidine groups is 1. The SMILES string of the molecule is C#CC(CC(=O)O)NC(=O)CNC(=O)c1cccc(N=C(N)NC(N)=O)c1. The molecule has 0 radical (unpaired) electrons. The minimum atomic E-state index is -1.16. The molecule has 0 aliphatic rings. The summed E-state index contributed by atoms with van der Waals surface area (Å²) in [6, 6.07) is 4.03. The number of primary amides is 1. The van der Waals surface area contributed by atoms with Crippen LogP contribution in [-0.2, 0) is 9.59 Å². The average molecular weight is 374 g/mol. The molecule has 0 saturated heterocycles. The zero-order valence-corrected chi connectivity index (χ0v) is 14.1. The van der Waals surface area contributed by atoms with Crippen molar-refractivity contribution in [3.8, 4) is 12.3 Å². The van der Waals surface area contributed by atoms with Gasteiger partial charge in [0.15, 0.2) is 0 Å². The van der Waals surface area contributed by atoms with E-state index in [2.05, 4.69) is 26.9 Å². The summed E-state index contributed by atoms with van der Waals surface area (Å²) < 4.78 is 0. The number of carboxylic acid groups (broad SMARTS) is 1. The van der Waals surface area contributed by atoms with Gasteiger partial charge in [0.2, 0.25) is 11.9 Å². The van der Waals surface area contributed by atoms with Gasteiger partial charge in [-0.15, -0.1) is 6.42 Å². The summed E-state index contributed by atoms with van der Waals surface area (Å²) in [6.45, 7) is -0.407.